The predicted octanol–water partition coefficient (Wildman–Crippen LogP) is 2.08. The smallest absolute Gasteiger partial charge is 0.0628 e. The van der Waals surface area contributed by atoms with Crippen LogP contribution in [0, 0.1) is 0 Å². The zero-order valence-electron chi connectivity index (χ0n) is 7.01. The van der Waals surface area contributed by atoms with E-state index in [0.29, 0.717) is 0 Å². The number of pyridine rings is 1. The highest BCUT2D eigenvalue weighted by Crippen LogP contribution is 2.21. The van der Waals surface area contributed by atoms with Crippen molar-refractivity contribution in [3.8, 4) is 0 Å². The minimum atomic E-state index is 0.970. The van der Waals surface area contributed by atoms with E-state index < -0.39 is 0 Å². The van der Waals surface area contributed by atoms with Gasteiger partial charge in [0.2, 0.25) is 0 Å². The van der Waals surface area contributed by atoms with Crippen LogP contribution in [0.5, 0.6) is 0 Å². The van der Waals surface area contributed by atoms with Crippen LogP contribution in [0.15, 0.2) is 18.8 Å². The highest BCUT2D eigenvalue weighted by Gasteiger charge is 2.07. The molecule has 0 atom stereocenters. The fourth-order valence-corrected chi connectivity index (χ4v) is 1.50. The molecule has 1 N–H and O–H groups in total. The molecule has 0 aromatic carbocycles. The number of nitrogens with zero attached hydrogens (tertiary/aromatic N) is 1. The first-order valence-electron chi connectivity index (χ1n) is 4.25. The van der Waals surface area contributed by atoms with Gasteiger partial charge in [-0.1, -0.05) is 6.58 Å². The highest BCUT2D eigenvalue weighted by molar-refractivity contribution is 5.55. The topological polar surface area (TPSA) is 24.9 Å². The Bertz CT molecular complexity index is 305. The van der Waals surface area contributed by atoms with Gasteiger partial charge in [-0.2, -0.15) is 0 Å². The lowest BCUT2D eigenvalue weighted by molar-refractivity contribution is 0.826. The van der Waals surface area contributed by atoms with Gasteiger partial charge in [-0.15, -0.1) is 0 Å². The first kappa shape index (κ1) is 7.35. The summed E-state index contributed by atoms with van der Waals surface area (Å²) in [5.74, 6) is 0. The minimum absolute atomic E-state index is 0.970. The molecule has 0 unspecified atom stereocenters. The molecule has 2 rings (SSSR count). The van der Waals surface area contributed by atoms with Crippen LogP contribution in [-0.2, 0) is 6.42 Å². The first-order chi connectivity index (χ1) is 5.90. The van der Waals surface area contributed by atoms with Crippen molar-refractivity contribution in [2.24, 2.45) is 0 Å². The second-order valence-electron chi connectivity index (χ2n) is 3.00. The summed E-state index contributed by atoms with van der Waals surface area (Å²) >= 11 is 0. The van der Waals surface area contributed by atoms with Crippen molar-refractivity contribution in [2.45, 2.75) is 12.8 Å². The lowest BCUT2D eigenvalue weighted by Crippen LogP contribution is -2.12. The molecule has 0 saturated carbocycles. The Hall–Kier alpha value is -1.31. The third-order valence-electron chi connectivity index (χ3n) is 2.16. The van der Waals surface area contributed by atoms with Gasteiger partial charge >= 0.3 is 0 Å². The average molecular weight is 160 g/mol. The van der Waals surface area contributed by atoms with Gasteiger partial charge in [0.25, 0.3) is 0 Å². The number of aryl methyl sites for hydroxylation is 1. The van der Waals surface area contributed by atoms with Crippen molar-refractivity contribution < 1.29 is 0 Å². The monoisotopic (exact) mass is 160 g/mol. The molecule has 62 valence electrons. The molecular formula is C10H12N2. The molecule has 0 spiro atoms. The molecule has 0 aliphatic carbocycles. The summed E-state index contributed by atoms with van der Waals surface area (Å²) in [7, 11) is 0. The molecule has 1 aliphatic heterocycles. The van der Waals surface area contributed by atoms with E-state index in [9.17, 15) is 0 Å². The molecule has 12 heavy (non-hydrogen) atoms. The second kappa shape index (κ2) is 2.97. The molecule has 0 saturated heterocycles. The van der Waals surface area contributed by atoms with Gasteiger partial charge in [-0.05, 0) is 30.5 Å². The quantitative estimate of drug-likeness (QED) is 0.680. The maximum absolute atomic E-state index is 4.23. The summed E-state index contributed by atoms with van der Waals surface area (Å²) in [6.07, 6.45) is 6.06. The standard InChI is InChI=1S/C10H12N2/c1-2-9-6-8-4-3-5-11-10(8)7-12-9/h2,6-7,11H,1,3-5H2. The summed E-state index contributed by atoms with van der Waals surface area (Å²) in [6, 6.07) is 2.11. The van der Waals surface area contributed by atoms with Gasteiger partial charge in [0, 0.05) is 6.54 Å². The summed E-state index contributed by atoms with van der Waals surface area (Å²) in [5.41, 5.74) is 3.52. The SMILES string of the molecule is C=Cc1cc2c(cn1)NCCC2. The van der Waals surface area contributed by atoms with Gasteiger partial charge in [-0.3, -0.25) is 4.98 Å². The lowest BCUT2D eigenvalue weighted by atomic mass is 10.0. The van der Waals surface area contributed by atoms with Crippen molar-refractivity contribution in [3.05, 3.63) is 30.1 Å². The van der Waals surface area contributed by atoms with E-state index in [1.165, 1.54) is 17.7 Å². The van der Waals surface area contributed by atoms with Crippen LogP contribution < -0.4 is 5.32 Å². The van der Waals surface area contributed by atoms with Crippen molar-refractivity contribution >= 4 is 11.8 Å². The maximum Gasteiger partial charge on any atom is 0.0628 e. The number of nitrogens with one attached hydrogen (secondary N) is 1. The van der Waals surface area contributed by atoms with E-state index >= 15 is 0 Å². The van der Waals surface area contributed by atoms with Crippen LogP contribution in [-0.4, -0.2) is 11.5 Å². The number of rotatable bonds is 1. The van der Waals surface area contributed by atoms with Crippen LogP contribution in [0.2, 0.25) is 0 Å². The summed E-state index contributed by atoms with van der Waals surface area (Å²) in [5, 5.41) is 3.32. The van der Waals surface area contributed by atoms with Crippen LogP contribution in [0.3, 0.4) is 0 Å². The van der Waals surface area contributed by atoms with Gasteiger partial charge in [0.05, 0.1) is 17.6 Å². The Morgan fingerprint density at radius 1 is 1.58 bits per heavy atom. The molecule has 0 fully saturated rings. The van der Waals surface area contributed by atoms with E-state index in [0.717, 1.165) is 18.7 Å². The van der Waals surface area contributed by atoms with E-state index in [1.54, 1.807) is 6.08 Å². The summed E-state index contributed by atoms with van der Waals surface area (Å²) < 4.78 is 0. The molecule has 0 amide bonds. The Morgan fingerprint density at radius 2 is 2.50 bits per heavy atom. The van der Waals surface area contributed by atoms with Gasteiger partial charge in [-0.25, -0.2) is 0 Å². The number of anilines is 1. The van der Waals surface area contributed by atoms with Crippen molar-refractivity contribution in [3.63, 3.8) is 0 Å². The first-order valence-corrected chi connectivity index (χ1v) is 4.25. The lowest BCUT2D eigenvalue weighted by Gasteiger charge is -2.17. The predicted molar refractivity (Wildman–Crippen MR) is 51.1 cm³/mol. The Morgan fingerprint density at radius 3 is 3.33 bits per heavy atom. The van der Waals surface area contributed by atoms with Crippen LogP contribution in [0.25, 0.3) is 6.08 Å². The number of aromatic nitrogens is 1. The fourth-order valence-electron chi connectivity index (χ4n) is 1.50. The van der Waals surface area contributed by atoms with Gasteiger partial charge < -0.3 is 5.32 Å². The van der Waals surface area contributed by atoms with E-state index in [4.69, 9.17) is 0 Å². The third kappa shape index (κ3) is 1.20. The van der Waals surface area contributed by atoms with Gasteiger partial charge in [0.15, 0.2) is 0 Å². The highest BCUT2D eigenvalue weighted by atomic mass is 14.9. The summed E-state index contributed by atoms with van der Waals surface area (Å²) in [4.78, 5) is 4.23. The molecule has 0 radical (unpaired) electrons. The van der Waals surface area contributed by atoms with Gasteiger partial charge in [0.1, 0.15) is 0 Å². The van der Waals surface area contributed by atoms with E-state index in [1.807, 2.05) is 6.20 Å². The fraction of sp³-hybridized carbons (Fsp3) is 0.300. The zero-order valence-corrected chi connectivity index (χ0v) is 7.01. The molecule has 1 aromatic rings. The molecule has 1 aliphatic rings. The van der Waals surface area contributed by atoms with Crippen LogP contribution in [0.4, 0.5) is 5.69 Å². The van der Waals surface area contributed by atoms with Crippen LogP contribution in [0.1, 0.15) is 17.7 Å². The summed E-state index contributed by atoms with van der Waals surface area (Å²) in [6.45, 7) is 4.77. The molecule has 2 nitrogen and oxygen atoms in total. The largest absolute Gasteiger partial charge is 0.384 e. The molecule has 2 heteroatoms. The molecule has 2 heterocycles. The number of hydrogen-bond donors (Lipinski definition) is 1. The normalized spacial score (nSPS) is 14.7. The number of fused-ring (bicyclic) bond motifs is 1. The van der Waals surface area contributed by atoms with Crippen molar-refractivity contribution in [1.29, 1.82) is 0 Å². The number of hydrogen-bond acceptors (Lipinski definition) is 2. The third-order valence-corrected chi connectivity index (χ3v) is 2.16. The Kier molecular flexibility index (Phi) is 1.82. The van der Waals surface area contributed by atoms with Crippen molar-refractivity contribution in [1.82, 2.24) is 4.98 Å². The Labute approximate surface area is 72.3 Å². The molecule has 1 aromatic heterocycles. The second-order valence-corrected chi connectivity index (χ2v) is 3.00. The van der Waals surface area contributed by atoms with E-state index in [2.05, 4.69) is 22.9 Å². The molecular weight excluding hydrogens is 148 g/mol. The van der Waals surface area contributed by atoms with E-state index in [-0.39, 0.29) is 0 Å². The zero-order chi connectivity index (χ0) is 8.39. The Balaban J connectivity index is 2.42. The average Bonchev–Trinajstić information content (AvgIpc) is 2.17. The van der Waals surface area contributed by atoms with Crippen LogP contribution >= 0.6 is 0 Å². The maximum atomic E-state index is 4.23. The minimum Gasteiger partial charge on any atom is -0.384 e. The van der Waals surface area contributed by atoms with Crippen molar-refractivity contribution in [2.75, 3.05) is 11.9 Å². The molecule has 0 bridgehead atoms.